The van der Waals surface area contributed by atoms with E-state index in [9.17, 15) is 4.79 Å². The minimum absolute atomic E-state index is 0.0703. The Morgan fingerprint density at radius 1 is 1.50 bits per heavy atom. The van der Waals surface area contributed by atoms with Crippen LogP contribution < -0.4 is 0 Å². The Morgan fingerprint density at radius 3 is 2.62 bits per heavy atom. The summed E-state index contributed by atoms with van der Waals surface area (Å²) in [4.78, 5) is 11.7. The molecular weight excluding hydrogens is 200 g/mol. The monoisotopic (exact) mass is 222 g/mol. The quantitative estimate of drug-likeness (QED) is 0.679. The van der Waals surface area contributed by atoms with Crippen molar-refractivity contribution in [3.05, 3.63) is 23.8 Å². The number of esters is 1. The Hall–Kier alpha value is -1.05. The first kappa shape index (κ1) is 13.0. The lowest BCUT2D eigenvalue weighted by Crippen LogP contribution is -2.34. The van der Waals surface area contributed by atoms with Crippen LogP contribution in [0.5, 0.6) is 0 Å². The maximum Gasteiger partial charge on any atom is 0.309 e. The molecule has 0 bridgehead atoms. The Morgan fingerprint density at radius 2 is 2.19 bits per heavy atom. The topological polar surface area (TPSA) is 26.3 Å². The molecule has 0 aromatic heterocycles. The molecule has 0 aromatic rings. The molecule has 0 N–H and O–H groups in total. The lowest BCUT2D eigenvalue weighted by molar-refractivity contribution is -0.158. The van der Waals surface area contributed by atoms with Gasteiger partial charge in [-0.1, -0.05) is 39.0 Å². The number of carbonyl (C=O) groups is 1. The van der Waals surface area contributed by atoms with E-state index in [0.717, 1.165) is 24.8 Å². The highest BCUT2D eigenvalue weighted by atomic mass is 16.6. The van der Waals surface area contributed by atoms with E-state index in [0.29, 0.717) is 0 Å². The minimum atomic E-state index is -0.460. The van der Waals surface area contributed by atoms with Crippen LogP contribution in [-0.4, -0.2) is 11.6 Å². The molecule has 0 heterocycles. The normalized spacial score (nSPS) is 19.2. The van der Waals surface area contributed by atoms with Gasteiger partial charge in [-0.15, -0.1) is 0 Å². The van der Waals surface area contributed by atoms with Crippen molar-refractivity contribution in [3.8, 4) is 0 Å². The lowest BCUT2D eigenvalue weighted by Gasteiger charge is -2.31. The van der Waals surface area contributed by atoms with Crippen molar-refractivity contribution in [2.75, 3.05) is 0 Å². The lowest BCUT2D eigenvalue weighted by atomic mass is 9.88. The first-order valence-corrected chi connectivity index (χ1v) is 6.09. The Bertz CT molecular complexity index is 313. The predicted octanol–water partition coefficient (Wildman–Crippen LogP) is 3.63. The summed E-state index contributed by atoms with van der Waals surface area (Å²) in [5, 5.41) is 0. The van der Waals surface area contributed by atoms with Gasteiger partial charge in [-0.2, -0.15) is 0 Å². The molecule has 0 aromatic carbocycles. The first-order valence-electron chi connectivity index (χ1n) is 6.09. The van der Waals surface area contributed by atoms with Crippen LogP contribution in [0.4, 0.5) is 0 Å². The zero-order valence-electron chi connectivity index (χ0n) is 10.7. The van der Waals surface area contributed by atoms with Gasteiger partial charge in [0.25, 0.3) is 0 Å². The first-order chi connectivity index (χ1) is 7.49. The number of hydrogen-bond donors (Lipinski definition) is 0. The third-order valence-corrected chi connectivity index (χ3v) is 3.08. The second-order valence-electron chi connectivity index (χ2n) is 4.80. The molecule has 90 valence electrons. The van der Waals surface area contributed by atoms with E-state index >= 15 is 0 Å². The smallest absolute Gasteiger partial charge is 0.309 e. The molecule has 0 saturated heterocycles. The highest BCUT2D eigenvalue weighted by Crippen LogP contribution is 2.30. The van der Waals surface area contributed by atoms with Crippen LogP contribution in [0.15, 0.2) is 23.8 Å². The third kappa shape index (κ3) is 2.97. The van der Waals surface area contributed by atoms with E-state index in [1.807, 2.05) is 20.8 Å². The molecule has 0 amide bonds. The third-order valence-electron chi connectivity index (χ3n) is 3.08. The van der Waals surface area contributed by atoms with Crippen LogP contribution in [0.25, 0.3) is 0 Å². The zero-order chi connectivity index (χ0) is 12.2. The van der Waals surface area contributed by atoms with E-state index in [1.165, 1.54) is 0 Å². The van der Waals surface area contributed by atoms with Crippen LogP contribution in [0.3, 0.4) is 0 Å². The van der Waals surface area contributed by atoms with Gasteiger partial charge in [0.2, 0.25) is 0 Å². The van der Waals surface area contributed by atoms with Gasteiger partial charge in [0.05, 0.1) is 5.92 Å². The molecule has 0 saturated carbocycles. The molecule has 1 unspecified atom stereocenters. The SMILES string of the molecule is CCC(C)(OC(=O)C(C)C)C1=CCCC=C1. The van der Waals surface area contributed by atoms with Crippen LogP contribution >= 0.6 is 0 Å². The van der Waals surface area contributed by atoms with Gasteiger partial charge >= 0.3 is 5.97 Å². The van der Waals surface area contributed by atoms with Crippen molar-refractivity contribution in [3.63, 3.8) is 0 Å². The van der Waals surface area contributed by atoms with Crippen LogP contribution in [0.2, 0.25) is 0 Å². The Kier molecular flexibility index (Phi) is 4.34. The van der Waals surface area contributed by atoms with Gasteiger partial charge in [-0.3, -0.25) is 4.79 Å². The van der Waals surface area contributed by atoms with E-state index in [-0.39, 0.29) is 11.9 Å². The average molecular weight is 222 g/mol. The fourth-order valence-electron chi connectivity index (χ4n) is 1.68. The highest BCUT2D eigenvalue weighted by molar-refractivity contribution is 5.72. The van der Waals surface area contributed by atoms with Gasteiger partial charge < -0.3 is 4.74 Å². The van der Waals surface area contributed by atoms with Gasteiger partial charge in [0, 0.05) is 0 Å². The van der Waals surface area contributed by atoms with E-state index < -0.39 is 5.60 Å². The second-order valence-corrected chi connectivity index (χ2v) is 4.80. The van der Waals surface area contributed by atoms with Gasteiger partial charge in [-0.25, -0.2) is 0 Å². The van der Waals surface area contributed by atoms with Crippen molar-refractivity contribution in [1.29, 1.82) is 0 Å². The number of ether oxygens (including phenoxy) is 1. The van der Waals surface area contributed by atoms with Crippen LogP contribution in [0.1, 0.15) is 47.0 Å². The van der Waals surface area contributed by atoms with Crippen LogP contribution in [-0.2, 0) is 9.53 Å². The van der Waals surface area contributed by atoms with Crippen molar-refractivity contribution in [2.45, 2.75) is 52.6 Å². The molecule has 1 atom stereocenters. The molecule has 16 heavy (non-hydrogen) atoms. The zero-order valence-corrected chi connectivity index (χ0v) is 10.7. The van der Waals surface area contributed by atoms with E-state index in [2.05, 4.69) is 25.2 Å². The van der Waals surface area contributed by atoms with Gasteiger partial charge in [0.15, 0.2) is 0 Å². The number of rotatable bonds is 4. The summed E-state index contributed by atoms with van der Waals surface area (Å²) in [6.45, 7) is 7.78. The second kappa shape index (κ2) is 5.33. The fourth-order valence-corrected chi connectivity index (χ4v) is 1.68. The average Bonchev–Trinajstić information content (AvgIpc) is 2.29. The summed E-state index contributed by atoms with van der Waals surface area (Å²) in [5.41, 5.74) is 0.674. The van der Waals surface area contributed by atoms with Crippen molar-refractivity contribution < 1.29 is 9.53 Å². The Labute approximate surface area is 98.4 Å². The standard InChI is InChI=1S/C14H22O2/c1-5-14(4,16-13(15)11(2)3)12-9-7-6-8-10-12/h7,9-11H,5-6,8H2,1-4H3. The summed E-state index contributed by atoms with van der Waals surface area (Å²) in [7, 11) is 0. The maximum absolute atomic E-state index is 11.7. The van der Waals surface area contributed by atoms with E-state index in [4.69, 9.17) is 4.74 Å². The van der Waals surface area contributed by atoms with Gasteiger partial charge in [0.1, 0.15) is 5.60 Å². The van der Waals surface area contributed by atoms with Gasteiger partial charge in [-0.05, 0) is 31.8 Å². The Balaban J connectivity index is 2.81. The maximum atomic E-state index is 11.7. The minimum Gasteiger partial charge on any atom is -0.454 e. The highest BCUT2D eigenvalue weighted by Gasteiger charge is 2.31. The molecule has 2 nitrogen and oxygen atoms in total. The largest absolute Gasteiger partial charge is 0.454 e. The number of hydrogen-bond acceptors (Lipinski definition) is 2. The molecular formula is C14H22O2. The van der Waals surface area contributed by atoms with Crippen molar-refractivity contribution in [2.24, 2.45) is 5.92 Å². The summed E-state index contributed by atoms with van der Waals surface area (Å²) >= 11 is 0. The van der Waals surface area contributed by atoms with Crippen molar-refractivity contribution >= 4 is 5.97 Å². The summed E-state index contributed by atoms with van der Waals surface area (Å²) < 4.78 is 5.63. The molecule has 0 aliphatic heterocycles. The fraction of sp³-hybridized carbons (Fsp3) is 0.643. The molecule has 1 rings (SSSR count). The summed E-state index contributed by atoms with van der Waals surface area (Å²) in [6.07, 6.45) is 9.34. The molecule has 1 aliphatic rings. The predicted molar refractivity (Wildman–Crippen MR) is 66.1 cm³/mol. The summed E-state index contributed by atoms with van der Waals surface area (Å²) in [5.74, 6) is -0.191. The molecule has 2 heteroatoms. The summed E-state index contributed by atoms with van der Waals surface area (Å²) in [6, 6.07) is 0. The molecule has 0 fully saturated rings. The molecule has 0 spiro atoms. The number of carbonyl (C=O) groups excluding carboxylic acids is 1. The van der Waals surface area contributed by atoms with Crippen molar-refractivity contribution in [1.82, 2.24) is 0 Å². The van der Waals surface area contributed by atoms with E-state index in [1.54, 1.807) is 0 Å². The number of allylic oxidation sites excluding steroid dienone is 2. The molecule has 0 radical (unpaired) electrons. The van der Waals surface area contributed by atoms with Crippen LogP contribution in [0, 0.1) is 5.92 Å². The molecule has 1 aliphatic carbocycles.